The molecule has 0 aromatic rings. The van der Waals surface area contributed by atoms with E-state index in [1.54, 1.807) is 4.90 Å². The fourth-order valence-corrected chi connectivity index (χ4v) is 2.94. The molecule has 1 saturated heterocycles. The second-order valence-electron chi connectivity index (χ2n) is 5.59. The SMILES string of the molecule is CCCC1(O)CN(C(=O)CNC2CCCC2)C1. The highest BCUT2D eigenvalue weighted by atomic mass is 16.3. The molecule has 0 spiro atoms. The normalized spacial score (nSPS) is 23.8. The van der Waals surface area contributed by atoms with E-state index in [9.17, 15) is 9.90 Å². The number of amides is 1. The van der Waals surface area contributed by atoms with Gasteiger partial charge < -0.3 is 15.3 Å². The van der Waals surface area contributed by atoms with Crippen molar-refractivity contribution in [3.63, 3.8) is 0 Å². The molecule has 0 aromatic heterocycles. The molecule has 1 saturated carbocycles. The number of likely N-dealkylation sites (tertiary alicyclic amines) is 1. The minimum absolute atomic E-state index is 0.137. The Bertz CT molecular complexity index is 269. The first-order valence-electron chi connectivity index (χ1n) is 6.86. The molecule has 4 nitrogen and oxygen atoms in total. The van der Waals surface area contributed by atoms with Crippen LogP contribution in [0.4, 0.5) is 0 Å². The molecule has 4 heteroatoms. The molecule has 1 heterocycles. The van der Waals surface area contributed by atoms with Crippen molar-refractivity contribution in [2.75, 3.05) is 19.6 Å². The van der Waals surface area contributed by atoms with Gasteiger partial charge in [-0.3, -0.25) is 4.79 Å². The molecule has 0 bridgehead atoms. The summed E-state index contributed by atoms with van der Waals surface area (Å²) in [7, 11) is 0. The maximum atomic E-state index is 11.8. The summed E-state index contributed by atoms with van der Waals surface area (Å²) in [5.41, 5.74) is -0.599. The van der Waals surface area contributed by atoms with Crippen molar-refractivity contribution in [1.29, 1.82) is 0 Å². The second kappa shape index (κ2) is 5.36. The molecule has 0 radical (unpaired) electrons. The lowest BCUT2D eigenvalue weighted by Crippen LogP contribution is -2.64. The van der Waals surface area contributed by atoms with Crippen molar-refractivity contribution < 1.29 is 9.90 Å². The van der Waals surface area contributed by atoms with Gasteiger partial charge >= 0.3 is 0 Å². The molecular formula is C13H24N2O2. The van der Waals surface area contributed by atoms with E-state index in [0.717, 1.165) is 12.8 Å². The molecule has 1 amide bonds. The summed E-state index contributed by atoms with van der Waals surface area (Å²) in [5, 5.41) is 13.3. The second-order valence-corrected chi connectivity index (χ2v) is 5.59. The first-order chi connectivity index (χ1) is 8.13. The largest absolute Gasteiger partial charge is 0.386 e. The van der Waals surface area contributed by atoms with Crippen molar-refractivity contribution in [1.82, 2.24) is 10.2 Å². The average molecular weight is 240 g/mol. The van der Waals surface area contributed by atoms with E-state index >= 15 is 0 Å². The monoisotopic (exact) mass is 240 g/mol. The van der Waals surface area contributed by atoms with E-state index in [1.165, 1.54) is 25.7 Å². The zero-order chi connectivity index (χ0) is 12.3. The minimum Gasteiger partial charge on any atom is -0.386 e. The molecule has 0 unspecified atom stereocenters. The van der Waals surface area contributed by atoms with Gasteiger partial charge in [-0.25, -0.2) is 0 Å². The Balaban J connectivity index is 1.65. The molecule has 1 aliphatic heterocycles. The van der Waals surface area contributed by atoms with Gasteiger partial charge in [0.1, 0.15) is 0 Å². The number of nitrogens with one attached hydrogen (secondary N) is 1. The van der Waals surface area contributed by atoms with Gasteiger partial charge in [-0.05, 0) is 19.3 Å². The van der Waals surface area contributed by atoms with Crippen LogP contribution in [0.2, 0.25) is 0 Å². The van der Waals surface area contributed by atoms with Crippen LogP contribution in [0.3, 0.4) is 0 Å². The number of rotatable bonds is 5. The van der Waals surface area contributed by atoms with Crippen LogP contribution in [0.15, 0.2) is 0 Å². The molecule has 0 atom stereocenters. The van der Waals surface area contributed by atoms with E-state index in [4.69, 9.17) is 0 Å². The molecule has 2 N–H and O–H groups in total. The molecule has 0 aromatic carbocycles. The maximum Gasteiger partial charge on any atom is 0.236 e. The number of aliphatic hydroxyl groups is 1. The summed E-state index contributed by atoms with van der Waals surface area (Å²) >= 11 is 0. The van der Waals surface area contributed by atoms with Crippen LogP contribution in [0, 0.1) is 0 Å². The van der Waals surface area contributed by atoms with Gasteiger partial charge in [0.2, 0.25) is 5.91 Å². The van der Waals surface area contributed by atoms with Gasteiger partial charge in [0.15, 0.2) is 0 Å². The standard InChI is InChI=1S/C13H24N2O2/c1-2-7-13(17)9-15(10-13)12(16)8-14-11-5-3-4-6-11/h11,14,17H,2-10H2,1H3. The summed E-state index contributed by atoms with van der Waals surface area (Å²) in [6.45, 7) is 3.54. The first kappa shape index (κ1) is 12.8. The van der Waals surface area contributed by atoms with Crippen molar-refractivity contribution in [2.45, 2.75) is 57.1 Å². The Morgan fingerprint density at radius 3 is 2.65 bits per heavy atom. The molecule has 2 rings (SSSR count). The highest BCUT2D eigenvalue weighted by Gasteiger charge is 2.42. The highest BCUT2D eigenvalue weighted by molar-refractivity contribution is 5.79. The average Bonchev–Trinajstić information content (AvgIpc) is 2.75. The topological polar surface area (TPSA) is 52.6 Å². The third-order valence-corrected chi connectivity index (χ3v) is 3.94. The number of β-amino-alcohol motifs (C(OH)–C–C–N with tert-alkyl or cyclic N) is 1. The fourth-order valence-electron chi connectivity index (χ4n) is 2.94. The first-order valence-corrected chi connectivity index (χ1v) is 6.86. The Hall–Kier alpha value is -0.610. The van der Waals surface area contributed by atoms with E-state index in [-0.39, 0.29) is 5.91 Å². The predicted octanol–water partition coefficient (Wildman–Crippen LogP) is 0.892. The number of nitrogens with zero attached hydrogens (tertiary/aromatic N) is 1. The Morgan fingerprint density at radius 1 is 1.41 bits per heavy atom. The third kappa shape index (κ3) is 3.19. The van der Waals surface area contributed by atoms with Crippen LogP contribution < -0.4 is 5.32 Å². The lowest BCUT2D eigenvalue weighted by Gasteiger charge is -2.46. The van der Waals surface area contributed by atoms with Gasteiger partial charge in [0.05, 0.1) is 25.2 Å². The molecular weight excluding hydrogens is 216 g/mol. The van der Waals surface area contributed by atoms with E-state index in [1.807, 2.05) is 0 Å². The molecule has 98 valence electrons. The Morgan fingerprint density at radius 2 is 2.06 bits per heavy atom. The van der Waals surface area contributed by atoms with Gasteiger partial charge in [0, 0.05) is 6.04 Å². The summed E-state index contributed by atoms with van der Waals surface area (Å²) < 4.78 is 0. The number of hydrogen-bond donors (Lipinski definition) is 2. The van der Waals surface area contributed by atoms with Crippen LogP contribution in [0.5, 0.6) is 0 Å². The van der Waals surface area contributed by atoms with Crippen LogP contribution in [-0.4, -0.2) is 47.2 Å². The van der Waals surface area contributed by atoms with Crippen LogP contribution in [0.25, 0.3) is 0 Å². The van der Waals surface area contributed by atoms with Crippen molar-refractivity contribution in [3.8, 4) is 0 Å². The minimum atomic E-state index is -0.599. The van der Waals surface area contributed by atoms with Crippen LogP contribution in [-0.2, 0) is 4.79 Å². The summed E-state index contributed by atoms with van der Waals surface area (Å²) in [4.78, 5) is 13.6. The molecule has 2 fully saturated rings. The van der Waals surface area contributed by atoms with Gasteiger partial charge in [-0.2, -0.15) is 0 Å². The smallest absolute Gasteiger partial charge is 0.236 e. The number of hydrogen-bond acceptors (Lipinski definition) is 3. The van der Waals surface area contributed by atoms with E-state index in [0.29, 0.717) is 25.7 Å². The highest BCUT2D eigenvalue weighted by Crippen LogP contribution is 2.25. The number of carbonyl (C=O) groups excluding carboxylic acids is 1. The maximum absolute atomic E-state index is 11.8. The summed E-state index contributed by atoms with van der Waals surface area (Å²) in [6, 6.07) is 0.537. The zero-order valence-electron chi connectivity index (χ0n) is 10.7. The zero-order valence-corrected chi connectivity index (χ0v) is 10.7. The van der Waals surface area contributed by atoms with E-state index < -0.39 is 5.60 Å². The van der Waals surface area contributed by atoms with Crippen LogP contribution >= 0.6 is 0 Å². The molecule has 2 aliphatic rings. The van der Waals surface area contributed by atoms with Crippen molar-refractivity contribution in [2.24, 2.45) is 0 Å². The van der Waals surface area contributed by atoms with Crippen molar-refractivity contribution >= 4 is 5.91 Å². The Labute approximate surface area is 103 Å². The predicted molar refractivity (Wildman–Crippen MR) is 66.7 cm³/mol. The summed E-state index contributed by atoms with van der Waals surface area (Å²) in [6.07, 6.45) is 6.74. The number of carbonyl (C=O) groups is 1. The Kier molecular flexibility index (Phi) is 4.05. The quantitative estimate of drug-likeness (QED) is 0.750. The van der Waals surface area contributed by atoms with Gasteiger partial charge in [-0.1, -0.05) is 26.2 Å². The lowest BCUT2D eigenvalue weighted by atomic mass is 9.89. The lowest BCUT2D eigenvalue weighted by molar-refractivity contribution is -0.155. The summed E-state index contributed by atoms with van der Waals surface area (Å²) in [5.74, 6) is 0.137. The molecule has 1 aliphatic carbocycles. The molecule has 17 heavy (non-hydrogen) atoms. The third-order valence-electron chi connectivity index (χ3n) is 3.94. The van der Waals surface area contributed by atoms with Crippen molar-refractivity contribution in [3.05, 3.63) is 0 Å². The fraction of sp³-hybridized carbons (Fsp3) is 0.923. The van der Waals surface area contributed by atoms with Gasteiger partial charge in [-0.15, -0.1) is 0 Å². The van der Waals surface area contributed by atoms with Crippen LogP contribution in [0.1, 0.15) is 45.4 Å². The van der Waals surface area contributed by atoms with Gasteiger partial charge in [0.25, 0.3) is 0 Å². The van der Waals surface area contributed by atoms with E-state index in [2.05, 4.69) is 12.2 Å².